The molecule has 0 unspecified atom stereocenters. The highest BCUT2D eigenvalue weighted by atomic mass is 32.2. The van der Waals surface area contributed by atoms with Crippen LogP contribution < -0.4 is 10.0 Å². The highest BCUT2D eigenvalue weighted by molar-refractivity contribution is 7.89. The van der Waals surface area contributed by atoms with Crippen molar-refractivity contribution >= 4 is 38.7 Å². The van der Waals surface area contributed by atoms with E-state index in [2.05, 4.69) is 18.8 Å². The second kappa shape index (κ2) is 5.73. The molecule has 8 nitrogen and oxygen atoms in total. The van der Waals surface area contributed by atoms with E-state index in [1.165, 1.54) is 13.0 Å². The number of aromatic nitrogens is 2. The van der Waals surface area contributed by atoms with E-state index in [9.17, 15) is 13.2 Å². The van der Waals surface area contributed by atoms with Crippen LogP contribution in [0, 0.1) is 5.92 Å². The van der Waals surface area contributed by atoms with E-state index in [0.29, 0.717) is 17.6 Å². The van der Waals surface area contributed by atoms with Gasteiger partial charge in [0.05, 0.1) is 29.9 Å². The van der Waals surface area contributed by atoms with Crippen LogP contribution in [0.15, 0.2) is 23.1 Å². The molecule has 1 aliphatic carbocycles. The molecule has 0 spiro atoms. The summed E-state index contributed by atoms with van der Waals surface area (Å²) >= 11 is 0.977. The molecule has 2 heterocycles. The van der Waals surface area contributed by atoms with Gasteiger partial charge < -0.3 is 10.1 Å². The zero-order chi connectivity index (χ0) is 16.9. The summed E-state index contributed by atoms with van der Waals surface area (Å²) in [5.74, 6) is -0.131. The Morgan fingerprint density at radius 1 is 1.33 bits per heavy atom. The maximum Gasteiger partial charge on any atom is 0.243 e. The number of hydrogen-bond donors (Lipinski definition) is 2. The number of hydrogen-bond acceptors (Lipinski definition) is 7. The maximum absolute atomic E-state index is 12.8. The van der Waals surface area contributed by atoms with Crippen molar-refractivity contribution in [2.45, 2.75) is 36.4 Å². The molecule has 1 aliphatic heterocycles. The molecule has 1 saturated heterocycles. The Bertz CT molecular complexity index is 897. The molecule has 2 fully saturated rings. The summed E-state index contributed by atoms with van der Waals surface area (Å²) in [6.45, 7) is 1.99. The SMILES string of the molecule is CC(=O)N[C@@H]1[C@@H](NS(=O)(=O)c2cccc3nsnc23)[C@H]2CCO[C@H]21. The van der Waals surface area contributed by atoms with Crippen molar-refractivity contribution in [3.8, 4) is 0 Å². The minimum Gasteiger partial charge on any atom is -0.376 e. The molecule has 1 saturated carbocycles. The topological polar surface area (TPSA) is 110 Å². The van der Waals surface area contributed by atoms with Gasteiger partial charge in [0.2, 0.25) is 15.9 Å². The molecule has 1 aromatic heterocycles. The van der Waals surface area contributed by atoms with Crippen LogP contribution in [0.1, 0.15) is 13.3 Å². The van der Waals surface area contributed by atoms with Crippen molar-refractivity contribution in [2.75, 3.05) is 6.61 Å². The van der Waals surface area contributed by atoms with E-state index in [1.54, 1.807) is 12.1 Å². The average Bonchev–Trinajstić information content (AvgIpc) is 3.17. The second-order valence-electron chi connectivity index (χ2n) is 6.05. The van der Waals surface area contributed by atoms with Crippen molar-refractivity contribution < 1.29 is 17.9 Å². The third kappa shape index (κ3) is 2.50. The lowest BCUT2D eigenvalue weighted by Gasteiger charge is -2.47. The average molecular weight is 368 g/mol. The fourth-order valence-electron chi connectivity index (χ4n) is 3.52. The van der Waals surface area contributed by atoms with Gasteiger partial charge in [-0.05, 0) is 18.6 Å². The molecule has 2 N–H and O–H groups in total. The summed E-state index contributed by atoms with van der Waals surface area (Å²) < 4.78 is 42.2. The third-order valence-corrected chi connectivity index (χ3v) is 6.62. The molecule has 24 heavy (non-hydrogen) atoms. The lowest BCUT2D eigenvalue weighted by atomic mass is 9.72. The van der Waals surface area contributed by atoms with Crippen molar-refractivity contribution in [3.05, 3.63) is 18.2 Å². The van der Waals surface area contributed by atoms with Gasteiger partial charge in [0.15, 0.2) is 0 Å². The zero-order valence-corrected chi connectivity index (χ0v) is 14.4. The van der Waals surface area contributed by atoms with Crippen molar-refractivity contribution in [2.24, 2.45) is 5.92 Å². The number of nitrogens with one attached hydrogen (secondary N) is 2. The number of carbonyl (C=O) groups is 1. The van der Waals surface area contributed by atoms with Gasteiger partial charge in [-0.15, -0.1) is 0 Å². The minimum absolute atomic E-state index is 0.0735. The van der Waals surface area contributed by atoms with Gasteiger partial charge in [-0.3, -0.25) is 4.79 Å². The number of carbonyl (C=O) groups excluding carboxylic acids is 1. The Balaban J connectivity index is 1.63. The Morgan fingerprint density at radius 2 is 2.17 bits per heavy atom. The number of ether oxygens (including phenoxy) is 1. The van der Waals surface area contributed by atoms with E-state index in [0.717, 1.165) is 18.1 Å². The molecule has 0 radical (unpaired) electrons. The molecule has 0 bridgehead atoms. The maximum atomic E-state index is 12.8. The normalized spacial score (nSPS) is 29.2. The van der Waals surface area contributed by atoms with Gasteiger partial charge >= 0.3 is 0 Å². The monoisotopic (exact) mass is 368 g/mol. The number of fused-ring (bicyclic) bond motifs is 2. The summed E-state index contributed by atoms with van der Waals surface area (Å²) in [5.41, 5.74) is 0.918. The summed E-state index contributed by atoms with van der Waals surface area (Å²) in [4.78, 5) is 11.5. The number of rotatable bonds is 4. The number of benzene rings is 1. The van der Waals surface area contributed by atoms with Crippen molar-refractivity contribution in [3.63, 3.8) is 0 Å². The van der Waals surface area contributed by atoms with E-state index < -0.39 is 10.0 Å². The fourth-order valence-corrected chi connectivity index (χ4v) is 5.59. The van der Waals surface area contributed by atoms with Gasteiger partial charge in [0.25, 0.3) is 0 Å². The van der Waals surface area contributed by atoms with Gasteiger partial charge in [-0.2, -0.15) is 8.75 Å². The van der Waals surface area contributed by atoms with Crippen LogP contribution in [-0.4, -0.2) is 47.9 Å². The van der Waals surface area contributed by atoms with Crippen LogP contribution in [0.3, 0.4) is 0 Å². The highest BCUT2D eigenvalue weighted by Gasteiger charge is 2.55. The quantitative estimate of drug-likeness (QED) is 0.801. The largest absolute Gasteiger partial charge is 0.376 e. The third-order valence-electron chi connectivity index (χ3n) is 4.59. The van der Waals surface area contributed by atoms with E-state index in [4.69, 9.17) is 4.74 Å². The molecule has 4 rings (SSSR count). The summed E-state index contributed by atoms with van der Waals surface area (Å²) in [6.07, 6.45) is 0.648. The smallest absolute Gasteiger partial charge is 0.243 e. The first kappa shape index (κ1) is 15.9. The Morgan fingerprint density at radius 3 is 2.96 bits per heavy atom. The number of amides is 1. The summed E-state index contributed by atoms with van der Waals surface area (Å²) in [6, 6.07) is 4.15. The van der Waals surface area contributed by atoms with Crippen LogP contribution in [-0.2, 0) is 19.6 Å². The zero-order valence-electron chi connectivity index (χ0n) is 12.8. The highest BCUT2D eigenvalue weighted by Crippen LogP contribution is 2.40. The lowest BCUT2D eigenvalue weighted by molar-refractivity contribution is -0.123. The van der Waals surface area contributed by atoms with Crippen molar-refractivity contribution in [1.29, 1.82) is 0 Å². The van der Waals surface area contributed by atoms with Crippen LogP contribution in [0.4, 0.5) is 0 Å². The number of sulfonamides is 1. The van der Waals surface area contributed by atoms with E-state index in [1.807, 2.05) is 0 Å². The first-order valence-electron chi connectivity index (χ1n) is 7.60. The van der Waals surface area contributed by atoms with Gasteiger partial charge in [0.1, 0.15) is 15.9 Å². The molecule has 1 amide bonds. The molecule has 128 valence electrons. The predicted molar refractivity (Wildman–Crippen MR) is 87.0 cm³/mol. The van der Waals surface area contributed by atoms with Gasteiger partial charge in [-0.1, -0.05) is 6.07 Å². The van der Waals surface area contributed by atoms with Crippen LogP contribution in [0.25, 0.3) is 11.0 Å². The summed E-state index contributed by atoms with van der Waals surface area (Å²) in [7, 11) is -3.78. The number of nitrogens with zero attached hydrogens (tertiary/aromatic N) is 2. The Labute approximate surface area is 143 Å². The van der Waals surface area contributed by atoms with Crippen molar-refractivity contribution in [1.82, 2.24) is 18.8 Å². The molecule has 10 heteroatoms. The standard InChI is InChI=1S/C14H16N4O4S2/c1-7(19)15-13-11(8-5-6-22-14(8)13)18-24(20,21)10-4-2-3-9-12(10)17-23-16-9/h2-4,8,11,13-14,18H,5-6H2,1H3,(H,15,19)/t8-,11+,13-,14-/m1/s1. The predicted octanol–water partition coefficient (Wildman–Crippen LogP) is 0.262. The first-order valence-corrected chi connectivity index (χ1v) is 9.81. The molecule has 2 aromatic rings. The molecule has 2 aliphatic rings. The molecule has 1 aromatic carbocycles. The lowest BCUT2D eigenvalue weighted by Crippen LogP contribution is -2.70. The second-order valence-corrected chi connectivity index (χ2v) is 8.26. The molecular weight excluding hydrogens is 352 g/mol. The van der Waals surface area contributed by atoms with Crippen LogP contribution in [0.5, 0.6) is 0 Å². The van der Waals surface area contributed by atoms with Gasteiger partial charge in [-0.25, -0.2) is 13.1 Å². The Kier molecular flexibility index (Phi) is 3.79. The van der Waals surface area contributed by atoms with E-state index in [-0.39, 0.29) is 34.9 Å². The van der Waals surface area contributed by atoms with Crippen LogP contribution in [0.2, 0.25) is 0 Å². The van der Waals surface area contributed by atoms with E-state index >= 15 is 0 Å². The molecule has 4 atom stereocenters. The summed E-state index contributed by atoms with van der Waals surface area (Å²) in [5, 5.41) is 2.79. The first-order chi connectivity index (χ1) is 11.5. The van der Waals surface area contributed by atoms with Gasteiger partial charge in [0, 0.05) is 19.4 Å². The van der Waals surface area contributed by atoms with Crippen LogP contribution >= 0.6 is 11.7 Å². The molecular formula is C14H16N4O4S2. The fraction of sp³-hybridized carbons (Fsp3) is 0.500. The Hall–Kier alpha value is -1.62. The minimum atomic E-state index is -3.78.